The molecule has 6 heteroatoms. The lowest BCUT2D eigenvalue weighted by Crippen LogP contribution is -2.52. The number of hydrogen-bond acceptors (Lipinski definition) is 6. The van der Waals surface area contributed by atoms with Gasteiger partial charge in [-0.15, -0.1) is 0 Å². The molecule has 0 aromatic heterocycles. The minimum atomic E-state index is -2.11. The number of aliphatic hydroxyl groups excluding tert-OH is 2. The summed E-state index contributed by atoms with van der Waals surface area (Å²) in [6.45, 7) is 9.38. The largest absolute Gasteiger partial charge is 0.389 e. The highest BCUT2D eigenvalue weighted by atomic mass is 16.5. The molecule has 0 heterocycles. The first-order valence-electron chi connectivity index (χ1n) is 7.32. The molecular formula is C15H26O6. The van der Waals surface area contributed by atoms with Gasteiger partial charge in [0.05, 0.1) is 12.2 Å². The highest BCUT2D eigenvalue weighted by molar-refractivity contribution is 5.55. The monoisotopic (exact) mass is 302 g/mol. The summed E-state index contributed by atoms with van der Waals surface area (Å²) in [7, 11) is 0. The maximum Gasteiger partial charge on any atom is 0.137 e. The van der Waals surface area contributed by atoms with Crippen LogP contribution in [-0.4, -0.2) is 65.3 Å². The second kappa shape index (κ2) is 3.05. The minimum Gasteiger partial charge on any atom is -0.389 e. The van der Waals surface area contributed by atoms with Gasteiger partial charge in [-0.2, -0.15) is 0 Å². The van der Waals surface area contributed by atoms with E-state index in [-0.39, 0.29) is 0 Å². The van der Waals surface area contributed by atoms with E-state index in [1.807, 2.05) is 0 Å². The second-order valence-corrected chi connectivity index (χ2v) is 8.83. The van der Waals surface area contributed by atoms with Crippen molar-refractivity contribution in [3.05, 3.63) is 0 Å². The standard InChI is InChI=1S/C15H26O6/c1-9(2)7(16)12(9,18)14(20)11(5,6)15(14,21)13(19)8(17)10(13,3)4/h7-8,16-21H,1-6H3/t7?,8?,12-,13-,14+,15+/m1/s1. The van der Waals surface area contributed by atoms with Crippen molar-refractivity contribution >= 4 is 0 Å². The van der Waals surface area contributed by atoms with Gasteiger partial charge in [0.1, 0.15) is 22.4 Å². The Kier molecular flexibility index (Phi) is 2.27. The minimum absolute atomic E-state index is 1.01. The lowest BCUT2D eigenvalue weighted by Gasteiger charge is -2.29. The van der Waals surface area contributed by atoms with Gasteiger partial charge in [-0.25, -0.2) is 0 Å². The van der Waals surface area contributed by atoms with E-state index in [2.05, 4.69) is 0 Å². The van der Waals surface area contributed by atoms with E-state index >= 15 is 0 Å². The number of hydrogen-bond donors (Lipinski definition) is 6. The Morgan fingerprint density at radius 1 is 0.571 bits per heavy atom. The average Bonchev–Trinajstić information content (AvgIpc) is 3.07. The first kappa shape index (κ1) is 15.6. The molecule has 0 aliphatic heterocycles. The summed E-state index contributed by atoms with van der Waals surface area (Å²) < 4.78 is 0. The Morgan fingerprint density at radius 3 is 0.905 bits per heavy atom. The number of rotatable bonds is 2. The fourth-order valence-corrected chi connectivity index (χ4v) is 5.09. The molecule has 6 atom stereocenters. The van der Waals surface area contributed by atoms with Crippen LogP contribution in [0.25, 0.3) is 0 Å². The van der Waals surface area contributed by atoms with Crippen LogP contribution in [0.2, 0.25) is 0 Å². The molecule has 3 rings (SSSR count). The van der Waals surface area contributed by atoms with Gasteiger partial charge < -0.3 is 30.6 Å². The molecule has 6 N–H and O–H groups in total. The molecule has 3 saturated carbocycles. The highest BCUT2D eigenvalue weighted by Gasteiger charge is 3.06. The highest BCUT2D eigenvalue weighted by Crippen LogP contribution is 2.85. The van der Waals surface area contributed by atoms with Crippen molar-refractivity contribution in [3.63, 3.8) is 0 Å². The van der Waals surface area contributed by atoms with Crippen molar-refractivity contribution < 1.29 is 30.6 Å². The lowest BCUT2D eigenvalue weighted by atomic mass is 9.91. The smallest absolute Gasteiger partial charge is 0.137 e. The zero-order valence-electron chi connectivity index (χ0n) is 13.3. The van der Waals surface area contributed by atoms with Gasteiger partial charge in [0.2, 0.25) is 0 Å². The molecule has 3 fully saturated rings. The van der Waals surface area contributed by atoms with Crippen LogP contribution < -0.4 is 0 Å². The van der Waals surface area contributed by atoms with E-state index in [9.17, 15) is 30.6 Å². The van der Waals surface area contributed by atoms with E-state index in [4.69, 9.17) is 0 Å². The van der Waals surface area contributed by atoms with Crippen LogP contribution in [-0.2, 0) is 0 Å². The van der Waals surface area contributed by atoms with Crippen LogP contribution in [0.1, 0.15) is 41.5 Å². The van der Waals surface area contributed by atoms with Gasteiger partial charge in [0, 0.05) is 16.2 Å². The van der Waals surface area contributed by atoms with Crippen molar-refractivity contribution in [2.24, 2.45) is 16.2 Å². The molecule has 0 spiro atoms. The fourth-order valence-electron chi connectivity index (χ4n) is 5.09. The van der Waals surface area contributed by atoms with E-state index < -0.39 is 50.9 Å². The summed E-state index contributed by atoms with van der Waals surface area (Å²) in [5.41, 5.74) is -11.4. The van der Waals surface area contributed by atoms with Crippen molar-refractivity contribution in [1.82, 2.24) is 0 Å². The van der Waals surface area contributed by atoms with Crippen LogP contribution in [0.5, 0.6) is 0 Å². The van der Waals surface area contributed by atoms with Gasteiger partial charge >= 0.3 is 0 Å². The summed E-state index contributed by atoms with van der Waals surface area (Å²) >= 11 is 0. The van der Waals surface area contributed by atoms with Crippen LogP contribution in [0, 0.1) is 16.2 Å². The quantitative estimate of drug-likeness (QED) is 0.379. The molecule has 6 nitrogen and oxygen atoms in total. The van der Waals surface area contributed by atoms with Crippen molar-refractivity contribution in [1.29, 1.82) is 0 Å². The van der Waals surface area contributed by atoms with Crippen molar-refractivity contribution in [2.75, 3.05) is 0 Å². The lowest BCUT2D eigenvalue weighted by molar-refractivity contribution is -0.153. The first-order chi connectivity index (χ1) is 9.06. The first-order valence-corrected chi connectivity index (χ1v) is 7.32. The van der Waals surface area contributed by atoms with Crippen LogP contribution >= 0.6 is 0 Å². The van der Waals surface area contributed by atoms with E-state index in [0.29, 0.717) is 0 Å². The van der Waals surface area contributed by atoms with Crippen LogP contribution in [0.3, 0.4) is 0 Å². The molecule has 3 aliphatic carbocycles. The topological polar surface area (TPSA) is 121 Å². The van der Waals surface area contributed by atoms with Crippen molar-refractivity contribution in [2.45, 2.75) is 76.2 Å². The molecule has 3 aliphatic rings. The Labute approximate surface area is 124 Å². The van der Waals surface area contributed by atoms with Crippen molar-refractivity contribution in [3.8, 4) is 0 Å². The molecule has 0 saturated heterocycles. The molecule has 21 heavy (non-hydrogen) atoms. The molecule has 0 bridgehead atoms. The van der Waals surface area contributed by atoms with Gasteiger partial charge in [-0.05, 0) is 0 Å². The Bertz CT molecular complexity index is 496. The van der Waals surface area contributed by atoms with E-state index in [0.717, 1.165) is 0 Å². The molecule has 0 aromatic carbocycles. The molecule has 122 valence electrons. The predicted octanol–water partition coefficient (Wildman–Crippen LogP) is -1.25. The third kappa shape index (κ3) is 0.956. The van der Waals surface area contributed by atoms with Gasteiger partial charge in [0.15, 0.2) is 0 Å². The van der Waals surface area contributed by atoms with Crippen LogP contribution in [0.15, 0.2) is 0 Å². The Morgan fingerprint density at radius 2 is 0.762 bits per heavy atom. The fraction of sp³-hybridized carbons (Fsp3) is 1.00. The maximum atomic E-state index is 11.1. The zero-order valence-corrected chi connectivity index (χ0v) is 13.3. The molecular weight excluding hydrogens is 276 g/mol. The summed E-state index contributed by atoms with van der Waals surface area (Å²) in [6.07, 6.45) is -2.43. The second-order valence-electron chi connectivity index (χ2n) is 8.83. The Hall–Kier alpha value is -0.240. The SMILES string of the molecule is CC1(C)[C@](O)([C@@]2(O)C(O)C2(C)C)[C@@]1(O)[C@@]1(O)C(O)C1(C)C. The zero-order chi connectivity index (χ0) is 16.7. The molecule has 0 amide bonds. The van der Waals surface area contributed by atoms with Gasteiger partial charge in [-0.3, -0.25) is 0 Å². The summed E-state index contributed by atoms with van der Waals surface area (Å²) in [5, 5.41) is 63.9. The van der Waals surface area contributed by atoms with Gasteiger partial charge in [-0.1, -0.05) is 41.5 Å². The molecule has 0 radical (unpaired) electrons. The summed E-state index contributed by atoms with van der Waals surface area (Å²) in [4.78, 5) is 0. The van der Waals surface area contributed by atoms with Gasteiger partial charge in [0.25, 0.3) is 0 Å². The summed E-state index contributed by atoms with van der Waals surface area (Å²) in [6, 6.07) is 0. The summed E-state index contributed by atoms with van der Waals surface area (Å²) in [5.74, 6) is 0. The van der Waals surface area contributed by atoms with E-state index in [1.165, 1.54) is 13.8 Å². The molecule has 0 aromatic rings. The number of aliphatic hydroxyl groups is 6. The molecule has 2 unspecified atom stereocenters. The van der Waals surface area contributed by atoms with E-state index in [1.54, 1.807) is 27.7 Å². The third-order valence-corrected chi connectivity index (χ3v) is 7.33. The Balaban J connectivity index is 2.12. The average molecular weight is 302 g/mol. The normalized spacial score (nSPS) is 62.3. The maximum absolute atomic E-state index is 11.1. The third-order valence-electron chi connectivity index (χ3n) is 7.33. The van der Waals surface area contributed by atoms with Crippen LogP contribution in [0.4, 0.5) is 0 Å². The predicted molar refractivity (Wildman–Crippen MR) is 73.2 cm³/mol.